The van der Waals surface area contributed by atoms with Gasteiger partial charge in [0.1, 0.15) is 0 Å². The van der Waals surface area contributed by atoms with Gasteiger partial charge in [-0.25, -0.2) is 0 Å². The standard InChI is InChI=1S/C22H35N/c1-5-17-13-19(6-2)16(4)21(14-17)10-8-9-18-11-12-22(23)20(7-3)15-18/h11-14,16,19-20H,5-10,15,23H2,1-4H3. The average molecular weight is 314 g/mol. The molecule has 0 radical (unpaired) electrons. The van der Waals surface area contributed by atoms with Crippen LogP contribution in [0.3, 0.4) is 0 Å². The minimum absolute atomic E-state index is 0.571. The molecule has 2 N–H and O–H groups in total. The molecule has 0 saturated carbocycles. The van der Waals surface area contributed by atoms with E-state index >= 15 is 0 Å². The molecule has 128 valence electrons. The van der Waals surface area contributed by atoms with Crippen LogP contribution in [0, 0.1) is 17.8 Å². The van der Waals surface area contributed by atoms with Gasteiger partial charge in [0.25, 0.3) is 0 Å². The zero-order valence-electron chi connectivity index (χ0n) is 15.6. The first-order valence-electron chi connectivity index (χ1n) is 9.65. The molecule has 0 heterocycles. The second kappa shape index (κ2) is 8.57. The van der Waals surface area contributed by atoms with E-state index in [2.05, 4.69) is 52.0 Å². The Morgan fingerprint density at radius 1 is 1.09 bits per heavy atom. The van der Waals surface area contributed by atoms with E-state index in [4.69, 9.17) is 5.73 Å². The summed E-state index contributed by atoms with van der Waals surface area (Å²) in [4.78, 5) is 0. The molecule has 0 aliphatic heterocycles. The summed E-state index contributed by atoms with van der Waals surface area (Å²) in [6, 6.07) is 0. The van der Waals surface area contributed by atoms with Crippen molar-refractivity contribution < 1.29 is 0 Å². The number of rotatable bonds is 7. The van der Waals surface area contributed by atoms with E-state index in [1.165, 1.54) is 38.5 Å². The van der Waals surface area contributed by atoms with E-state index in [9.17, 15) is 0 Å². The summed E-state index contributed by atoms with van der Waals surface area (Å²) in [6.45, 7) is 9.26. The van der Waals surface area contributed by atoms with Crippen LogP contribution in [0.2, 0.25) is 0 Å². The van der Waals surface area contributed by atoms with Crippen LogP contribution in [0.5, 0.6) is 0 Å². The van der Waals surface area contributed by atoms with Crippen molar-refractivity contribution in [3.8, 4) is 0 Å². The van der Waals surface area contributed by atoms with Crippen molar-refractivity contribution in [1.29, 1.82) is 0 Å². The molecule has 0 spiro atoms. The molecule has 0 bridgehead atoms. The zero-order valence-corrected chi connectivity index (χ0v) is 15.6. The largest absolute Gasteiger partial charge is 0.402 e. The minimum atomic E-state index is 0.571. The number of hydrogen-bond acceptors (Lipinski definition) is 1. The average Bonchev–Trinajstić information content (AvgIpc) is 2.57. The summed E-state index contributed by atoms with van der Waals surface area (Å²) in [5.74, 6) is 2.03. The predicted molar refractivity (Wildman–Crippen MR) is 102 cm³/mol. The second-order valence-corrected chi connectivity index (χ2v) is 7.33. The van der Waals surface area contributed by atoms with Crippen molar-refractivity contribution in [2.24, 2.45) is 23.5 Å². The highest BCUT2D eigenvalue weighted by molar-refractivity contribution is 5.31. The summed E-state index contributed by atoms with van der Waals surface area (Å²) in [7, 11) is 0. The van der Waals surface area contributed by atoms with E-state index in [0.717, 1.165) is 24.0 Å². The molecule has 0 aromatic heterocycles. The maximum absolute atomic E-state index is 6.08. The van der Waals surface area contributed by atoms with Crippen LogP contribution in [0.25, 0.3) is 0 Å². The fourth-order valence-corrected chi connectivity index (χ4v) is 4.04. The quantitative estimate of drug-likeness (QED) is 0.587. The highest BCUT2D eigenvalue weighted by Gasteiger charge is 2.22. The van der Waals surface area contributed by atoms with Crippen molar-refractivity contribution in [3.63, 3.8) is 0 Å². The molecule has 1 heteroatoms. The van der Waals surface area contributed by atoms with E-state index in [0.29, 0.717) is 5.92 Å². The van der Waals surface area contributed by atoms with Gasteiger partial charge in [-0.1, -0.05) is 62.6 Å². The molecule has 0 aromatic rings. The van der Waals surface area contributed by atoms with Gasteiger partial charge in [0.15, 0.2) is 0 Å². The molecule has 0 fully saturated rings. The first-order valence-corrected chi connectivity index (χ1v) is 9.65. The number of nitrogens with two attached hydrogens (primary N) is 1. The van der Waals surface area contributed by atoms with Gasteiger partial charge in [-0.2, -0.15) is 0 Å². The van der Waals surface area contributed by atoms with Gasteiger partial charge in [-0.15, -0.1) is 0 Å². The summed E-state index contributed by atoms with van der Waals surface area (Å²) >= 11 is 0. The lowest BCUT2D eigenvalue weighted by atomic mass is 9.77. The van der Waals surface area contributed by atoms with Crippen molar-refractivity contribution in [3.05, 3.63) is 46.7 Å². The first-order chi connectivity index (χ1) is 11.1. The van der Waals surface area contributed by atoms with Gasteiger partial charge < -0.3 is 5.73 Å². The third-order valence-electron chi connectivity index (χ3n) is 5.85. The fourth-order valence-electron chi connectivity index (χ4n) is 4.04. The van der Waals surface area contributed by atoms with Crippen molar-refractivity contribution in [2.75, 3.05) is 0 Å². The Morgan fingerprint density at radius 3 is 2.52 bits per heavy atom. The zero-order chi connectivity index (χ0) is 16.8. The molecule has 3 atom stereocenters. The van der Waals surface area contributed by atoms with Crippen LogP contribution in [-0.4, -0.2) is 0 Å². The predicted octanol–water partition coefficient (Wildman–Crippen LogP) is 6.29. The Kier molecular flexibility index (Phi) is 6.74. The lowest BCUT2D eigenvalue weighted by molar-refractivity contribution is 0.448. The van der Waals surface area contributed by atoms with Crippen LogP contribution in [0.4, 0.5) is 0 Å². The van der Waals surface area contributed by atoms with Gasteiger partial charge in [0.05, 0.1) is 0 Å². The molecule has 3 unspecified atom stereocenters. The molecule has 0 aromatic carbocycles. The van der Waals surface area contributed by atoms with Crippen LogP contribution in [-0.2, 0) is 0 Å². The topological polar surface area (TPSA) is 26.0 Å². The summed E-state index contributed by atoms with van der Waals surface area (Å²) in [5.41, 5.74) is 12.0. The summed E-state index contributed by atoms with van der Waals surface area (Å²) in [5, 5.41) is 0. The van der Waals surface area contributed by atoms with E-state index in [1.54, 1.807) is 16.7 Å². The molecule has 0 saturated heterocycles. The summed E-state index contributed by atoms with van der Waals surface area (Å²) < 4.78 is 0. The SMILES string of the molecule is CCC1=CC(CC)C(C)C(CCCC2=CC=C(N)C(CC)C2)=C1. The maximum atomic E-state index is 6.08. The van der Waals surface area contributed by atoms with Crippen LogP contribution in [0.15, 0.2) is 46.7 Å². The van der Waals surface area contributed by atoms with Gasteiger partial charge in [0, 0.05) is 11.6 Å². The molecule has 2 aliphatic rings. The number of allylic oxidation sites excluding steroid dienone is 8. The van der Waals surface area contributed by atoms with Crippen LogP contribution in [0.1, 0.15) is 72.6 Å². The Bertz CT molecular complexity index is 518. The van der Waals surface area contributed by atoms with Crippen LogP contribution >= 0.6 is 0 Å². The maximum Gasteiger partial charge on any atom is 0.0115 e. The van der Waals surface area contributed by atoms with Crippen LogP contribution < -0.4 is 5.73 Å². The second-order valence-electron chi connectivity index (χ2n) is 7.33. The van der Waals surface area contributed by atoms with Gasteiger partial charge in [0.2, 0.25) is 0 Å². The Balaban J connectivity index is 1.91. The monoisotopic (exact) mass is 313 g/mol. The fraction of sp³-hybridized carbons (Fsp3) is 0.636. The molecular weight excluding hydrogens is 278 g/mol. The smallest absolute Gasteiger partial charge is 0.0115 e. The van der Waals surface area contributed by atoms with E-state index < -0.39 is 0 Å². The third kappa shape index (κ3) is 4.62. The minimum Gasteiger partial charge on any atom is -0.402 e. The first kappa shape index (κ1) is 18.1. The Hall–Kier alpha value is -1.24. The lowest BCUT2D eigenvalue weighted by Crippen LogP contribution is -2.16. The molecular formula is C22H35N. The number of hydrogen-bond donors (Lipinski definition) is 1. The highest BCUT2D eigenvalue weighted by Crippen LogP contribution is 2.35. The molecule has 2 rings (SSSR count). The van der Waals surface area contributed by atoms with Gasteiger partial charge in [-0.3, -0.25) is 0 Å². The molecule has 0 amide bonds. The summed E-state index contributed by atoms with van der Waals surface area (Å²) in [6.07, 6.45) is 17.9. The third-order valence-corrected chi connectivity index (χ3v) is 5.85. The van der Waals surface area contributed by atoms with Gasteiger partial charge in [-0.05, 0) is 62.9 Å². The van der Waals surface area contributed by atoms with E-state index in [-0.39, 0.29) is 0 Å². The molecule has 23 heavy (non-hydrogen) atoms. The Labute approximate surface area is 143 Å². The van der Waals surface area contributed by atoms with Crippen molar-refractivity contribution in [1.82, 2.24) is 0 Å². The van der Waals surface area contributed by atoms with Gasteiger partial charge >= 0.3 is 0 Å². The van der Waals surface area contributed by atoms with Crippen molar-refractivity contribution in [2.45, 2.75) is 72.6 Å². The molecule has 1 nitrogen and oxygen atoms in total. The van der Waals surface area contributed by atoms with Crippen molar-refractivity contribution >= 4 is 0 Å². The lowest BCUT2D eigenvalue weighted by Gasteiger charge is -2.28. The normalized spacial score (nSPS) is 27.9. The highest BCUT2D eigenvalue weighted by atomic mass is 14.6. The molecule has 2 aliphatic carbocycles. The Morgan fingerprint density at radius 2 is 1.87 bits per heavy atom. The van der Waals surface area contributed by atoms with E-state index in [1.807, 2.05) is 0 Å².